The number of nitrogens with zero attached hydrogens (tertiary/aromatic N) is 1. The summed E-state index contributed by atoms with van der Waals surface area (Å²) in [6.45, 7) is 6.57. The summed E-state index contributed by atoms with van der Waals surface area (Å²) in [5, 5.41) is 22.3. The Kier molecular flexibility index (Phi) is 5.67. The van der Waals surface area contributed by atoms with Gasteiger partial charge in [-0.3, -0.25) is 10.1 Å². The zero-order chi connectivity index (χ0) is 17.8. The van der Waals surface area contributed by atoms with Crippen molar-refractivity contribution in [2.75, 3.05) is 0 Å². The van der Waals surface area contributed by atoms with Gasteiger partial charge in [-0.1, -0.05) is 6.07 Å². The molecule has 0 aromatic heterocycles. The number of benzene rings is 1. The summed E-state index contributed by atoms with van der Waals surface area (Å²) in [4.78, 5) is 33.2. The number of nitrogens with one attached hydrogen (secondary N) is 1. The Labute approximate surface area is 133 Å². The van der Waals surface area contributed by atoms with Crippen LogP contribution >= 0.6 is 0 Å². The summed E-state index contributed by atoms with van der Waals surface area (Å²) < 4.78 is 5.03. The zero-order valence-electron chi connectivity index (χ0n) is 13.5. The summed E-state index contributed by atoms with van der Waals surface area (Å²) in [5.74, 6) is -1.22. The molecule has 0 aliphatic rings. The molecule has 0 heterocycles. The lowest BCUT2D eigenvalue weighted by Gasteiger charge is -2.22. The largest absolute Gasteiger partial charge is 0.480 e. The highest BCUT2D eigenvalue weighted by Crippen LogP contribution is 2.19. The number of alkyl carbamates (subject to hydrolysis) is 1. The molecule has 126 valence electrons. The Morgan fingerprint density at radius 1 is 1.39 bits per heavy atom. The van der Waals surface area contributed by atoms with Crippen molar-refractivity contribution in [2.24, 2.45) is 0 Å². The number of ether oxygens (including phenoxy) is 1. The molecular formula is C15H20N2O6. The Bertz CT molecular complexity index is 621. The van der Waals surface area contributed by atoms with Gasteiger partial charge in [-0.15, -0.1) is 0 Å². The minimum atomic E-state index is -1.22. The average molecular weight is 324 g/mol. The summed E-state index contributed by atoms with van der Waals surface area (Å²) >= 11 is 0. The van der Waals surface area contributed by atoms with E-state index in [1.54, 1.807) is 27.7 Å². The molecule has 0 saturated carbocycles. The lowest BCUT2D eigenvalue weighted by Crippen LogP contribution is -2.44. The maximum atomic E-state index is 11.7. The topological polar surface area (TPSA) is 119 Å². The number of aliphatic carboxylic acids is 1. The molecule has 0 spiro atoms. The number of carboxylic acids is 1. The first-order valence-electron chi connectivity index (χ1n) is 6.96. The number of carbonyl (C=O) groups excluding carboxylic acids is 1. The third kappa shape index (κ3) is 5.93. The van der Waals surface area contributed by atoms with Crippen LogP contribution in [0, 0.1) is 17.0 Å². The van der Waals surface area contributed by atoms with E-state index in [0.717, 1.165) is 0 Å². The van der Waals surface area contributed by atoms with Gasteiger partial charge in [0.2, 0.25) is 0 Å². The number of carbonyl (C=O) groups is 2. The molecule has 0 aliphatic heterocycles. The molecule has 1 aromatic carbocycles. The third-order valence-electron chi connectivity index (χ3n) is 2.89. The van der Waals surface area contributed by atoms with Crippen molar-refractivity contribution in [3.8, 4) is 0 Å². The van der Waals surface area contributed by atoms with Gasteiger partial charge in [-0.05, 0) is 39.3 Å². The van der Waals surface area contributed by atoms with E-state index in [9.17, 15) is 24.8 Å². The fraction of sp³-hybridized carbons (Fsp3) is 0.467. The van der Waals surface area contributed by atoms with Gasteiger partial charge in [0.25, 0.3) is 5.69 Å². The van der Waals surface area contributed by atoms with Gasteiger partial charge in [0, 0.05) is 18.1 Å². The monoisotopic (exact) mass is 324 g/mol. The normalized spacial score (nSPS) is 12.3. The smallest absolute Gasteiger partial charge is 0.408 e. The highest BCUT2D eigenvalue weighted by molar-refractivity contribution is 5.80. The van der Waals surface area contributed by atoms with Gasteiger partial charge in [0.05, 0.1) is 4.92 Å². The summed E-state index contributed by atoms with van der Waals surface area (Å²) in [6.07, 6.45) is -0.837. The van der Waals surface area contributed by atoms with E-state index < -0.39 is 28.6 Å². The molecule has 8 nitrogen and oxygen atoms in total. The van der Waals surface area contributed by atoms with Crippen LogP contribution in [0.3, 0.4) is 0 Å². The second-order valence-electron chi connectivity index (χ2n) is 6.12. The van der Waals surface area contributed by atoms with Crippen molar-refractivity contribution in [3.05, 3.63) is 39.4 Å². The Balaban J connectivity index is 2.85. The fourth-order valence-electron chi connectivity index (χ4n) is 1.93. The molecule has 2 N–H and O–H groups in total. The molecule has 1 amide bonds. The zero-order valence-corrected chi connectivity index (χ0v) is 13.5. The van der Waals surface area contributed by atoms with E-state index in [1.807, 2.05) is 0 Å². The van der Waals surface area contributed by atoms with Crippen molar-refractivity contribution >= 4 is 17.7 Å². The molecule has 1 aromatic rings. The Morgan fingerprint density at radius 3 is 2.43 bits per heavy atom. The number of rotatable bonds is 5. The molecule has 1 atom stereocenters. The molecule has 1 unspecified atom stereocenters. The van der Waals surface area contributed by atoms with Gasteiger partial charge in [0.1, 0.15) is 11.6 Å². The second-order valence-corrected chi connectivity index (χ2v) is 6.12. The van der Waals surface area contributed by atoms with Crippen molar-refractivity contribution in [3.63, 3.8) is 0 Å². The molecule has 1 rings (SSSR count). The summed E-state index contributed by atoms with van der Waals surface area (Å²) in [6, 6.07) is 3.13. The van der Waals surface area contributed by atoms with Crippen LogP contribution in [0.25, 0.3) is 0 Å². The molecule has 0 saturated heterocycles. The van der Waals surface area contributed by atoms with Crippen LogP contribution in [0.4, 0.5) is 10.5 Å². The number of aryl methyl sites for hydroxylation is 1. The Hall–Kier alpha value is -2.64. The predicted molar refractivity (Wildman–Crippen MR) is 82.3 cm³/mol. The van der Waals surface area contributed by atoms with E-state index in [-0.39, 0.29) is 12.1 Å². The standard InChI is InChI=1S/C15H20N2O6/c1-9-7-10(5-6-12(9)17(21)22)8-11(13(18)19)16-14(20)23-15(2,3)4/h5-7,11H,8H2,1-4H3,(H,16,20)(H,18,19). The SMILES string of the molecule is Cc1cc(CC(NC(=O)OC(C)(C)C)C(=O)O)ccc1[N+](=O)[O-]. The quantitative estimate of drug-likeness (QED) is 0.634. The highest BCUT2D eigenvalue weighted by atomic mass is 16.6. The molecule has 0 fully saturated rings. The van der Waals surface area contributed by atoms with Gasteiger partial charge >= 0.3 is 12.1 Å². The van der Waals surface area contributed by atoms with Gasteiger partial charge in [0.15, 0.2) is 0 Å². The molecule has 23 heavy (non-hydrogen) atoms. The van der Waals surface area contributed by atoms with Crippen LogP contribution in [-0.2, 0) is 16.0 Å². The predicted octanol–water partition coefficient (Wildman–Crippen LogP) is 2.42. The number of amides is 1. The first-order chi connectivity index (χ1) is 10.5. The van der Waals surface area contributed by atoms with Gasteiger partial charge in [-0.25, -0.2) is 9.59 Å². The van der Waals surface area contributed by atoms with E-state index in [4.69, 9.17) is 4.74 Å². The van der Waals surface area contributed by atoms with E-state index in [0.29, 0.717) is 11.1 Å². The fourth-order valence-corrected chi connectivity index (χ4v) is 1.93. The van der Waals surface area contributed by atoms with Gasteiger partial charge in [-0.2, -0.15) is 0 Å². The lowest BCUT2D eigenvalue weighted by atomic mass is 10.0. The third-order valence-corrected chi connectivity index (χ3v) is 2.89. The molecule has 0 radical (unpaired) electrons. The van der Waals surface area contributed by atoms with Crippen LogP contribution in [-0.4, -0.2) is 33.7 Å². The number of hydrogen-bond donors (Lipinski definition) is 2. The number of carboxylic acid groups (broad SMARTS) is 1. The lowest BCUT2D eigenvalue weighted by molar-refractivity contribution is -0.385. The second kappa shape index (κ2) is 7.08. The minimum absolute atomic E-state index is 0.00654. The summed E-state index contributed by atoms with van der Waals surface area (Å²) in [7, 11) is 0. The first kappa shape index (κ1) is 18.4. The number of nitro benzene ring substituents is 1. The molecular weight excluding hydrogens is 304 g/mol. The van der Waals surface area contributed by atoms with Crippen molar-refractivity contribution in [2.45, 2.75) is 45.8 Å². The van der Waals surface area contributed by atoms with Crippen molar-refractivity contribution in [1.82, 2.24) is 5.32 Å². The van der Waals surface area contributed by atoms with Crippen LogP contribution in [0.5, 0.6) is 0 Å². The number of nitro groups is 1. The number of hydrogen-bond acceptors (Lipinski definition) is 5. The highest BCUT2D eigenvalue weighted by Gasteiger charge is 2.24. The molecule has 8 heteroatoms. The van der Waals surface area contributed by atoms with Crippen LogP contribution in [0.1, 0.15) is 31.9 Å². The molecule has 0 aliphatic carbocycles. The summed E-state index contributed by atoms with van der Waals surface area (Å²) in [5.41, 5.74) is 0.211. The average Bonchev–Trinajstić information content (AvgIpc) is 2.35. The van der Waals surface area contributed by atoms with Crippen molar-refractivity contribution in [1.29, 1.82) is 0 Å². The van der Waals surface area contributed by atoms with Crippen LogP contribution in [0.2, 0.25) is 0 Å². The van der Waals surface area contributed by atoms with Crippen molar-refractivity contribution < 1.29 is 24.4 Å². The molecule has 0 bridgehead atoms. The minimum Gasteiger partial charge on any atom is -0.480 e. The van der Waals surface area contributed by atoms with E-state index >= 15 is 0 Å². The van der Waals surface area contributed by atoms with Crippen LogP contribution in [0.15, 0.2) is 18.2 Å². The van der Waals surface area contributed by atoms with Crippen LogP contribution < -0.4 is 5.32 Å². The first-order valence-corrected chi connectivity index (χ1v) is 6.96. The Morgan fingerprint density at radius 2 is 2.00 bits per heavy atom. The maximum absolute atomic E-state index is 11.7. The van der Waals surface area contributed by atoms with E-state index in [2.05, 4.69) is 5.32 Å². The van der Waals surface area contributed by atoms with Gasteiger partial charge < -0.3 is 15.2 Å². The maximum Gasteiger partial charge on any atom is 0.408 e. The van der Waals surface area contributed by atoms with E-state index in [1.165, 1.54) is 18.2 Å².